The molecule has 4 fully saturated rings. The second-order valence-corrected chi connectivity index (χ2v) is 19.3. The molecule has 5 aliphatic rings. The van der Waals surface area contributed by atoms with E-state index < -0.39 is 29.5 Å². The number of hydrogen-bond donors (Lipinski definition) is 1. The van der Waals surface area contributed by atoms with Crippen molar-refractivity contribution in [2.45, 2.75) is 108 Å². The SMILES string of the molecule is COc1cc2nc(C3CCC(CN4CC5(CCC(CCc6cccc7c6C(=O)N(C6CCC(=O)CC6=O)C7=O)CC5)C4)CC3)sc2cc1NC(=O)c1cccc(C(C)(F)F)n1. The number of thiazole rings is 1. The number of aryl methyl sites for hydroxylation is 1. The molecule has 0 bridgehead atoms. The van der Waals surface area contributed by atoms with E-state index in [2.05, 4.69) is 15.2 Å². The van der Waals surface area contributed by atoms with Crippen LogP contribution in [0.1, 0.15) is 137 Å². The van der Waals surface area contributed by atoms with Crippen LogP contribution in [0.25, 0.3) is 10.2 Å². The third kappa shape index (κ3) is 8.25. The lowest BCUT2D eigenvalue weighted by atomic mass is 9.65. The molecular formula is C47H51F2N5O6S. The number of hydrogen-bond acceptors (Lipinski definition) is 10. The van der Waals surface area contributed by atoms with Crippen LogP contribution in [0.15, 0.2) is 48.5 Å². The molecule has 2 aliphatic heterocycles. The molecule has 4 aromatic rings. The normalized spacial score (nSPS) is 23.4. The number of Topliss-reactive ketones (excluding diaryl/α,β-unsaturated/α-hetero) is 2. The Balaban J connectivity index is 0.732. The van der Waals surface area contributed by atoms with Crippen LogP contribution in [0.5, 0.6) is 5.75 Å². The summed E-state index contributed by atoms with van der Waals surface area (Å²) >= 11 is 1.63. The van der Waals surface area contributed by atoms with E-state index in [0.29, 0.717) is 45.7 Å². The first-order chi connectivity index (χ1) is 29.3. The highest BCUT2D eigenvalue weighted by molar-refractivity contribution is 7.18. The van der Waals surface area contributed by atoms with Gasteiger partial charge in [-0.3, -0.25) is 28.9 Å². The molecule has 1 atom stereocenters. The Morgan fingerprint density at radius 2 is 1.69 bits per heavy atom. The minimum absolute atomic E-state index is 0.103. The van der Waals surface area contributed by atoms with E-state index in [9.17, 15) is 32.8 Å². The summed E-state index contributed by atoms with van der Waals surface area (Å²) in [6.45, 7) is 4.21. The molecule has 3 aliphatic carbocycles. The van der Waals surface area contributed by atoms with E-state index in [1.807, 2.05) is 24.3 Å². The Morgan fingerprint density at radius 3 is 2.41 bits per heavy atom. The first-order valence-electron chi connectivity index (χ1n) is 21.7. The van der Waals surface area contributed by atoms with Crippen molar-refractivity contribution in [2.24, 2.45) is 17.3 Å². The molecule has 9 rings (SSSR count). The number of pyridine rings is 1. The van der Waals surface area contributed by atoms with E-state index in [-0.39, 0.29) is 42.4 Å². The molecule has 0 radical (unpaired) electrons. The predicted molar refractivity (Wildman–Crippen MR) is 226 cm³/mol. The molecule has 2 aromatic heterocycles. The number of methoxy groups -OCH3 is 1. The third-order valence-corrected chi connectivity index (χ3v) is 15.2. The van der Waals surface area contributed by atoms with E-state index in [0.717, 1.165) is 90.8 Å². The fourth-order valence-electron chi connectivity index (χ4n) is 10.6. The van der Waals surface area contributed by atoms with E-state index in [1.54, 1.807) is 17.4 Å². The Kier molecular flexibility index (Phi) is 11.1. The van der Waals surface area contributed by atoms with Crippen molar-refractivity contribution in [3.8, 4) is 5.75 Å². The van der Waals surface area contributed by atoms with Gasteiger partial charge in [0.25, 0.3) is 23.6 Å². The minimum Gasteiger partial charge on any atom is -0.494 e. The van der Waals surface area contributed by atoms with Gasteiger partial charge in [0.05, 0.1) is 51.6 Å². The molecule has 1 saturated heterocycles. The standard InChI is InChI=1S/C47H51F2N5O6S/c1-46(48,49)40-8-4-7-33(50-40)42(57)51-34-23-39-35(22-38(34)60-2)52-43(61-39)30-13-10-28(11-14-30)24-53-25-47(26-53)19-17-27(18-20-47)9-12-29-5-3-6-32-41(29)45(59)54(44(32)58)36-16-15-31(55)21-37(36)56/h3-8,22-23,27-28,30,36H,9-21,24-26H2,1-2H3,(H,51,57). The first-order valence-corrected chi connectivity index (χ1v) is 22.5. The molecule has 61 heavy (non-hydrogen) atoms. The van der Waals surface area contributed by atoms with Crippen LogP contribution in [-0.2, 0) is 21.9 Å². The quantitative estimate of drug-likeness (QED) is 0.116. The second kappa shape index (κ2) is 16.4. The number of ether oxygens (including phenoxy) is 1. The molecular weight excluding hydrogens is 801 g/mol. The maximum Gasteiger partial charge on any atom is 0.287 e. The van der Waals surface area contributed by atoms with Gasteiger partial charge in [0.15, 0.2) is 5.78 Å². The number of imide groups is 1. The van der Waals surface area contributed by atoms with Crippen molar-refractivity contribution in [2.75, 3.05) is 32.1 Å². The molecule has 320 valence electrons. The number of amides is 3. The van der Waals surface area contributed by atoms with Gasteiger partial charge >= 0.3 is 0 Å². The molecule has 2 aromatic carbocycles. The van der Waals surface area contributed by atoms with Gasteiger partial charge in [-0.2, -0.15) is 8.78 Å². The summed E-state index contributed by atoms with van der Waals surface area (Å²) in [7, 11) is 1.52. The number of fused-ring (bicyclic) bond motifs is 2. The lowest BCUT2D eigenvalue weighted by molar-refractivity contribution is -0.132. The average molecular weight is 852 g/mol. The molecule has 3 amide bonds. The van der Waals surface area contributed by atoms with Crippen molar-refractivity contribution in [1.82, 2.24) is 19.8 Å². The lowest BCUT2D eigenvalue weighted by Gasteiger charge is -2.54. The van der Waals surface area contributed by atoms with Crippen LogP contribution in [-0.4, -0.2) is 81.8 Å². The summed E-state index contributed by atoms with van der Waals surface area (Å²) in [6.07, 6.45) is 11.2. The second-order valence-electron chi connectivity index (χ2n) is 18.2. The van der Waals surface area contributed by atoms with Crippen LogP contribution in [0.3, 0.4) is 0 Å². The number of nitrogens with zero attached hydrogens (tertiary/aromatic N) is 4. The van der Waals surface area contributed by atoms with E-state index >= 15 is 0 Å². The van der Waals surface area contributed by atoms with Crippen LogP contribution in [0.2, 0.25) is 0 Å². The van der Waals surface area contributed by atoms with Gasteiger partial charge in [-0.05, 0) is 118 Å². The number of nitrogens with one attached hydrogen (secondary N) is 1. The number of benzene rings is 2. The summed E-state index contributed by atoms with van der Waals surface area (Å²) in [5.41, 5.74) is 2.78. The topological polar surface area (TPSA) is 139 Å². The number of likely N-dealkylation sites (tertiary alicyclic amines) is 1. The van der Waals surface area contributed by atoms with Gasteiger partial charge in [-0.15, -0.1) is 11.3 Å². The molecule has 14 heteroatoms. The van der Waals surface area contributed by atoms with Crippen LogP contribution >= 0.6 is 11.3 Å². The van der Waals surface area contributed by atoms with Crippen molar-refractivity contribution in [3.05, 3.63) is 81.6 Å². The number of rotatable bonds is 11. The summed E-state index contributed by atoms with van der Waals surface area (Å²) in [6, 6.07) is 12.3. The highest BCUT2D eigenvalue weighted by Gasteiger charge is 2.47. The Hall–Kier alpha value is -4.95. The summed E-state index contributed by atoms with van der Waals surface area (Å²) in [5, 5.41) is 3.89. The van der Waals surface area contributed by atoms with Gasteiger partial charge in [0.2, 0.25) is 0 Å². The fourth-order valence-corrected chi connectivity index (χ4v) is 11.8. The number of aromatic nitrogens is 2. The number of anilines is 1. The number of alkyl halides is 2. The number of ketones is 2. The van der Waals surface area contributed by atoms with Crippen molar-refractivity contribution in [3.63, 3.8) is 0 Å². The third-order valence-electron chi connectivity index (χ3n) is 14.0. The molecule has 1 spiro atoms. The van der Waals surface area contributed by atoms with Crippen LogP contribution in [0.4, 0.5) is 14.5 Å². The Labute approximate surface area is 357 Å². The minimum atomic E-state index is -3.16. The monoisotopic (exact) mass is 851 g/mol. The highest BCUT2D eigenvalue weighted by atomic mass is 32.1. The van der Waals surface area contributed by atoms with Gasteiger partial charge in [0, 0.05) is 45.0 Å². The largest absolute Gasteiger partial charge is 0.494 e. The van der Waals surface area contributed by atoms with Gasteiger partial charge < -0.3 is 15.0 Å². The molecule has 3 saturated carbocycles. The van der Waals surface area contributed by atoms with E-state index in [4.69, 9.17) is 9.72 Å². The van der Waals surface area contributed by atoms with Crippen LogP contribution in [0, 0.1) is 17.3 Å². The maximum atomic E-state index is 13.9. The summed E-state index contributed by atoms with van der Waals surface area (Å²) < 4.78 is 34.2. The van der Waals surface area contributed by atoms with Crippen molar-refractivity contribution >= 4 is 56.5 Å². The Bertz CT molecular complexity index is 2410. The molecule has 1 unspecified atom stereocenters. The maximum absolute atomic E-state index is 13.9. The van der Waals surface area contributed by atoms with Crippen molar-refractivity contribution in [1.29, 1.82) is 0 Å². The van der Waals surface area contributed by atoms with Gasteiger partial charge in [0.1, 0.15) is 22.9 Å². The van der Waals surface area contributed by atoms with Gasteiger partial charge in [-0.25, -0.2) is 9.97 Å². The van der Waals surface area contributed by atoms with Crippen molar-refractivity contribution < 1.29 is 37.5 Å². The summed E-state index contributed by atoms with van der Waals surface area (Å²) in [4.78, 5) is 77.0. The highest BCUT2D eigenvalue weighted by Crippen LogP contribution is 2.48. The predicted octanol–water partition coefficient (Wildman–Crippen LogP) is 8.75. The lowest BCUT2D eigenvalue weighted by Crippen LogP contribution is -2.58. The zero-order valence-corrected chi connectivity index (χ0v) is 35.5. The zero-order valence-electron chi connectivity index (χ0n) is 34.6. The first kappa shape index (κ1) is 41.4. The van der Waals surface area contributed by atoms with Crippen LogP contribution < -0.4 is 10.1 Å². The summed E-state index contributed by atoms with van der Waals surface area (Å²) in [5.74, 6) is -2.98. The molecule has 4 heterocycles. The molecule has 11 nitrogen and oxygen atoms in total. The molecule has 1 N–H and O–H groups in total. The number of halogens is 2. The average Bonchev–Trinajstić information content (AvgIpc) is 3.76. The smallest absolute Gasteiger partial charge is 0.287 e. The number of carbonyl (C=O) groups excluding carboxylic acids is 5. The number of carbonyl (C=O) groups is 5. The zero-order chi connectivity index (χ0) is 42.6. The fraction of sp³-hybridized carbons (Fsp3) is 0.511. The Morgan fingerprint density at radius 1 is 0.934 bits per heavy atom. The van der Waals surface area contributed by atoms with Gasteiger partial charge in [-0.1, -0.05) is 18.2 Å². The van der Waals surface area contributed by atoms with E-state index in [1.165, 1.54) is 51.0 Å².